The number of carbonyl (C=O) groups is 1. The third kappa shape index (κ3) is 2.75. The molecule has 1 spiro atoms. The van der Waals surface area contributed by atoms with Gasteiger partial charge < -0.3 is 9.64 Å². The van der Waals surface area contributed by atoms with Gasteiger partial charge in [-0.25, -0.2) is 0 Å². The number of amides is 1. The summed E-state index contributed by atoms with van der Waals surface area (Å²) in [6.07, 6.45) is 2.87. The van der Waals surface area contributed by atoms with Crippen molar-refractivity contribution in [1.82, 2.24) is 14.8 Å². The molecule has 2 aliphatic heterocycles. The third-order valence-electron chi connectivity index (χ3n) is 4.96. The summed E-state index contributed by atoms with van der Waals surface area (Å²) in [6, 6.07) is 3.76. The zero-order valence-electron chi connectivity index (χ0n) is 13.7. The highest BCUT2D eigenvalue weighted by Gasteiger charge is 2.53. The molecule has 5 heteroatoms. The van der Waals surface area contributed by atoms with Crippen molar-refractivity contribution < 1.29 is 9.53 Å². The van der Waals surface area contributed by atoms with Crippen molar-refractivity contribution in [3.05, 3.63) is 29.6 Å². The molecule has 1 unspecified atom stereocenters. The quantitative estimate of drug-likeness (QED) is 0.847. The predicted octanol–water partition coefficient (Wildman–Crippen LogP) is 1.57. The van der Waals surface area contributed by atoms with E-state index in [4.69, 9.17) is 4.74 Å². The Morgan fingerprint density at radius 3 is 2.86 bits per heavy atom. The second kappa shape index (κ2) is 5.97. The van der Waals surface area contributed by atoms with Gasteiger partial charge in [-0.15, -0.1) is 0 Å². The molecule has 2 fully saturated rings. The minimum Gasteiger partial charge on any atom is -0.381 e. The summed E-state index contributed by atoms with van der Waals surface area (Å²) in [5, 5.41) is 0. The number of likely N-dealkylation sites (N-methyl/N-ethyl adjacent to an activating group) is 1. The second-order valence-corrected chi connectivity index (χ2v) is 6.72. The standard InChI is InChI=1S/C17H25N3O2/c1-4-22-10-14-7-17(19(3)9-14)11-20(12-17)16(21)15-6-5-13(2)8-18-15/h5-6,8,14H,4,7,9-12H2,1-3H3. The Kier molecular flexibility index (Phi) is 4.19. The summed E-state index contributed by atoms with van der Waals surface area (Å²) in [5.74, 6) is 0.631. The first-order valence-electron chi connectivity index (χ1n) is 8.05. The van der Waals surface area contributed by atoms with Crippen LogP contribution in [0.4, 0.5) is 0 Å². The molecule has 2 saturated heterocycles. The van der Waals surface area contributed by atoms with Crippen LogP contribution in [-0.2, 0) is 4.74 Å². The van der Waals surface area contributed by atoms with Crippen LogP contribution in [0.5, 0.6) is 0 Å². The van der Waals surface area contributed by atoms with Gasteiger partial charge in [0, 0.05) is 32.4 Å². The number of likely N-dealkylation sites (tertiary alicyclic amines) is 2. The first-order chi connectivity index (χ1) is 10.5. The maximum Gasteiger partial charge on any atom is 0.272 e. The van der Waals surface area contributed by atoms with Crippen LogP contribution in [0, 0.1) is 12.8 Å². The highest BCUT2D eigenvalue weighted by Crippen LogP contribution is 2.39. The first-order valence-corrected chi connectivity index (χ1v) is 8.05. The molecular formula is C17H25N3O2. The van der Waals surface area contributed by atoms with Crippen LogP contribution in [0.2, 0.25) is 0 Å². The summed E-state index contributed by atoms with van der Waals surface area (Å²) in [6.45, 7) is 8.29. The van der Waals surface area contributed by atoms with Crippen LogP contribution >= 0.6 is 0 Å². The summed E-state index contributed by atoms with van der Waals surface area (Å²) in [7, 11) is 2.16. The molecule has 0 saturated carbocycles. The summed E-state index contributed by atoms with van der Waals surface area (Å²) >= 11 is 0. The molecule has 3 heterocycles. The van der Waals surface area contributed by atoms with Crippen molar-refractivity contribution in [2.75, 3.05) is 39.9 Å². The van der Waals surface area contributed by atoms with E-state index in [0.29, 0.717) is 11.6 Å². The van der Waals surface area contributed by atoms with Crippen LogP contribution in [0.25, 0.3) is 0 Å². The minimum absolute atomic E-state index is 0.0484. The van der Waals surface area contributed by atoms with Gasteiger partial charge in [-0.05, 0) is 44.9 Å². The molecule has 1 atom stereocenters. The van der Waals surface area contributed by atoms with E-state index in [0.717, 1.165) is 44.8 Å². The molecule has 1 aromatic heterocycles. The van der Waals surface area contributed by atoms with E-state index in [-0.39, 0.29) is 11.4 Å². The van der Waals surface area contributed by atoms with Crippen molar-refractivity contribution in [3.8, 4) is 0 Å². The van der Waals surface area contributed by atoms with Gasteiger partial charge in [0.2, 0.25) is 0 Å². The molecule has 1 aromatic rings. The number of rotatable bonds is 4. The number of ether oxygens (including phenoxy) is 1. The number of pyridine rings is 1. The average molecular weight is 303 g/mol. The van der Waals surface area contributed by atoms with Gasteiger partial charge in [-0.2, -0.15) is 0 Å². The number of aryl methyl sites for hydroxylation is 1. The topological polar surface area (TPSA) is 45.7 Å². The first kappa shape index (κ1) is 15.4. The van der Waals surface area contributed by atoms with E-state index in [1.54, 1.807) is 6.20 Å². The van der Waals surface area contributed by atoms with Crippen LogP contribution in [-0.4, -0.2) is 66.1 Å². The molecule has 0 aliphatic carbocycles. The van der Waals surface area contributed by atoms with Crippen LogP contribution < -0.4 is 0 Å². The van der Waals surface area contributed by atoms with E-state index in [1.165, 1.54) is 0 Å². The number of nitrogens with zero attached hydrogens (tertiary/aromatic N) is 3. The molecule has 120 valence electrons. The Morgan fingerprint density at radius 1 is 1.45 bits per heavy atom. The molecule has 0 aromatic carbocycles. The summed E-state index contributed by atoms with van der Waals surface area (Å²) in [5.41, 5.74) is 1.78. The SMILES string of the molecule is CCOCC1CN(C)C2(C1)CN(C(=O)c1ccc(C)cn1)C2. The normalized spacial score (nSPS) is 23.8. The number of hydrogen-bond acceptors (Lipinski definition) is 4. The van der Waals surface area contributed by atoms with E-state index >= 15 is 0 Å². The van der Waals surface area contributed by atoms with E-state index in [2.05, 4.69) is 16.9 Å². The Bertz CT molecular complexity index is 537. The van der Waals surface area contributed by atoms with Crippen LogP contribution in [0.3, 0.4) is 0 Å². The summed E-state index contributed by atoms with van der Waals surface area (Å²) in [4.78, 5) is 21.0. The second-order valence-electron chi connectivity index (χ2n) is 6.72. The fraction of sp³-hybridized carbons (Fsp3) is 0.647. The molecule has 5 nitrogen and oxygen atoms in total. The van der Waals surface area contributed by atoms with Gasteiger partial charge in [0.05, 0.1) is 12.1 Å². The van der Waals surface area contributed by atoms with Gasteiger partial charge in [-0.3, -0.25) is 14.7 Å². The van der Waals surface area contributed by atoms with Crippen molar-refractivity contribution in [2.45, 2.75) is 25.8 Å². The number of hydrogen-bond donors (Lipinski definition) is 0. The van der Waals surface area contributed by atoms with Crippen molar-refractivity contribution in [3.63, 3.8) is 0 Å². The fourth-order valence-corrected chi connectivity index (χ4v) is 3.67. The minimum atomic E-state index is 0.0484. The Morgan fingerprint density at radius 2 is 2.23 bits per heavy atom. The van der Waals surface area contributed by atoms with E-state index in [1.807, 2.05) is 30.9 Å². The molecule has 1 amide bonds. The molecule has 0 N–H and O–H groups in total. The van der Waals surface area contributed by atoms with E-state index in [9.17, 15) is 4.79 Å². The van der Waals surface area contributed by atoms with Gasteiger partial charge in [0.15, 0.2) is 0 Å². The number of aromatic nitrogens is 1. The van der Waals surface area contributed by atoms with Crippen molar-refractivity contribution in [2.24, 2.45) is 5.92 Å². The van der Waals surface area contributed by atoms with Crippen molar-refractivity contribution >= 4 is 5.91 Å². The lowest BCUT2D eigenvalue weighted by atomic mass is 9.84. The van der Waals surface area contributed by atoms with Gasteiger partial charge in [0.25, 0.3) is 5.91 Å². The zero-order chi connectivity index (χ0) is 15.7. The molecular weight excluding hydrogens is 278 g/mol. The molecule has 2 aliphatic rings. The Hall–Kier alpha value is -1.46. The monoisotopic (exact) mass is 303 g/mol. The predicted molar refractivity (Wildman–Crippen MR) is 84.8 cm³/mol. The van der Waals surface area contributed by atoms with Crippen molar-refractivity contribution in [1.29, 1.82) is 0 Å². The van der Waals surface area contributed by atoms with Gasteiger partial charge in [-0.1, -0.05) is 6.07 Å². The number of carbonyl (C=O) groups excluding carboxylic acids is 1. The Labute approximate surface area is 132 Å². The highest BCUT2D eigenvalue weighted by molar-refractivity contribution is 5.93. The third-order valence-corrected chi connectivity index (χ3v) is 4.96. The zero-order valence-corrected chi connectivity index (χ0v) is 13.7. The van der Waals surface area contributed by atoms with Gasteiger partial charge in [0.1, 0.15) is 5.69 Å². The van der Waals surface area contributed by atoms with E-state index < -0.39 is 0 Å². The lowest BCUT2D eigenvalue weighted by Crippen LogP contribution is -2.68. The molecule has 0 bridgehead atoms. The van der Waals surface area contributed by atoms with Crippen LogP contribution in [0.15, 0.2) is 18.3 Å². The Balaban J connectivity index is 1.59. The maximum atomic E-state index is 12.5. The molecule has 22 heavy (non-hydrogen) atoms. The maximum absolute atomic E-state index is 12.5. The summed E-state index contributed by atoms with van der Waals surface area (Å²) < 4.78 is 5.57. The van der Waals surface area contributed by atoms with Gasteiger partial charge >= 0.3 is 0 Å². The highest BCUT2D eigenvalue weighted by atomic mass is 16.5. The molecule has 3 rings (SSSR count). The molecule has 0 radical (unpaired) electrons. The smallest absolute Gasteiger partial charge is 0.272 e. The fourth-order valence-electron chi connectivity index (χ4n) is 3.67. The van der Waals surface area contributed by atoms with Crippen LogP contribution in [0.1, 0.15) is 29.4 Å². The lowest BCUT2D eigenvalue weighted by molar-refractivity contribution is -0.00830. The lowest BCUT2D eigenvalue weighted by Gasteiger charge is -2.51. The largest absolute Gasteiger partial charge is 0.381 e. The average Bonchev–Trinajstić information content (AvgIpc) is 2.80.